The third-order valence-corrected chi connectivity index (χ3v) is 3.77. The minimum atomic E-state index is 0.856. The number of rotatable bonds is 2. The fourth-order valence-corrected chi connectivity index (χ4v) is 2.47. The van der Waals surface area contributed by atoms with Gasteiger partial charge < -0.3 is 15.2 Å². The number of hydrogen-bond donors (Lipinski definition) is 2. The number of H-pyrrole nitrogens is 1. The molecule has 1 fully saturated rings. The van der Waals surface area contributed by atoms with Crippen LogP contribution in [0.4, 0.5) is 5.82 Å². The van der Waals surface area contributed by atoms with Gasteiger partial charge >= 0.3 is 0 Å². The zero-order chi connectivity index (χ0) is 13.9. The van der Waals surface area contributed by atoms with Crippen LogP contribution in [0.1, 0.15) is 17.8 Å². The lowest BCUT2D eigenvalue weighted by Crippen LogP contribution is -2.28. The Balaban J connectivity index is 1.88. The average molecular weight is 271 g/mol. The molecular formula is C15H21N5. The number of nitrogens with one attached hydrogen (secondary N) is 2. The summed E-state index contributed by atoms with van der Waals surface area (Å²) in [5.41, 5.74) is 3.05. The molecule has 0 spiro atoms. The lowest BCUT2D eigenvalue weighted by Gasteiger charge is -2.21. The standard InChI is InChI=1S/C15H21N5/c1-11-12(2)18-15(17-11)13-5-3-6-14(19-13)20-9-4-7-16-8-10-20/h3,5-6,16H,4,7-10H2,1-2H3,(H,17,18). The summed E-state index contributed by atoms with van der Waals surface area (Å²) in [6.07, 6.45) is 1.16. The first kappa shape index (κ1) is 13.1. The van der Waals surface area contributed by atoms with Gasteiger partial charge in [-0.05, 0) is 38.9 Å². The van der Waals surface area contributed by atoms with E-state index in [1.54, 1.807) is 0 Å². The zero-order valence-corrected chi connectivity index (χ0v) is 12.1. The van der Waals surface area contributed by atoms with Gasteiger partial charge in [-0.15, -0.1) is 0 Å². The van der Waals surface area contributed by atoms with Crippen LogP contribution in [0.2, 0.25) is 0 Å². The monoisotopic (exact) mass is 271 g/mol. The first-order valence-corrected chi connectivity index (χ1v) is 7.20. The number of imidazole rings is 1. The molecule has 2 aromatic heterocycles. The van der Waals surface area contributed by atoms with Gasteiger partial charge in [0.2, 0.25) is 0 Å². The van der Waals surface area contributed by atoms with Gasteiger partial charge in [-0.2, -0.15) is 0 Å². The van der Waals surface area contributed by atoms with Gasteiger partial charge in [-0.3, -0.25) is 0 Å². The third-order valence-electron chi connectivity index (χ3n) is 3.77. The fraction of sp³-hybridized carbons (Fsp3) is 0.467. The van der Waals surface area contributed by atoms with Crippen molar-refractivity contribution in [3.63, 3.8) is 0 Å². The Labute approximate surface area is 119 Å². The molecule has 0 amide bonds. The molecule has 0 aliphatic carbocycles. The van der Waals surface area contributed by atoms with E-state index in [4.69, 9.17) is 4.98 Å². The summed E-state index contributed by atoms with van der Waals surface area (Å²) < 4.78 is 0. The molecule has 20 heavy (non-hydrogen) atoms. The number of aryl methyl sites for hydroxylation is 2. The average Bonchev–Trinajstić information content (AvgIpc) is 2.70. The summed E-state index contributed by atoms with van der Waals surface area (Å²) in [6.45, 7) is 8.22. The van der Waals surface area contributed by atoms with Gasteiger partial charge in [-0.25, -0.2) is 9.97 Å². The minimum absolute atomic E-state index is 0.856. The third kappa shape index (κ3) is 2.67. The van der Waals surface area contributed by atoms with Gasteiger partial charge in [0.1, 0.15) is 11.5 Å². The topological polar surface area (TPSA) is 56.8 Å². The van der Waals surface area contributed by atoms with E-state index in [9.17, 15) is 0 Å². The summed E-state index contributed by atoms with van der Waals surface area (Å²) in [6, 6.07) is 6.15. The molecule has 3 rings (SSSR count). The minimum Gasteiger partial charge on any atom is -0.355 e. The van der Waals surface area contributed by atoms with Crippen LogP contribution in [-0.4, -0.2) is 41.1 Å². The molecule has 5 heteroatoms. The second-order valence-electron chi connectivity index (χ2n) is 5.27. The van der Waals surface area contributed by atoms with Crippen molar-refractivity contribution in [3.8, 4) is 11.5 Å². The van der Waals surface area contributed by atoms with E-state index in [0.717, 1.165) is 61.3 Å². The summed E-state index contributed by atoms with van der Waals surface area (Å²) in [5, 5.41) is 3.42. The lowest BCUT2D eigenvalue weighted by atomic mass is 10.3. The number of pyridine rings is 1. The van der Waals surface area contributed by atoms with Crippen LogP contribution in [0.5, 0.6) is 0 Å². The number of anilines is 1. The molecule has 0 unspecified atom stereocenters. The van der Waals surface area contributed by atoms with Crippen LogP contribution in [0, 0.1) is 13.8 Å². The molecule has 2 aromatic rings. The van der Waals surface area contributed by atoms with Crippen molar-refractivity contribution in [3.05, 3.63) is 29.6 Å². The molecule has 1 aliphatic rings. The van der Waals surface area contributed by atoms with Gasteiger partial charge in [0, 0.05) is 25.3 Å². The van der Waals surface area contributed by atoms with E-state index in [-0.39, 0.29) is 0 Å². The number of hydrogen-bond acceptors (Lipinski definition) is 4. The summed E-state index contributed by atoms with van der Waals surface area (Å²) in [5.74, 6) is 1.90. The van der Waals surface area contributed by atoms with E-state index in [1.807, 2.05) is 19.9 Å². The summed E-state index contributed by atoms with van der Waals surface area (Å²) in [4.78, 5) is 14.9. The van der Waals surface area contributed by atoms with Crippen molar-refractivity contribution < 1.29 is 0 Å². The Morgan fingerprint density at radius 2 is 2.00 bits per heavy atom. The highest BCUT2D eigenvalue weighted by Crippen LogP contribution is 2.20. The zero-order valence-electron chi connectivity index (χ0n) is 12.1. The molecule has 1 aliphatic heterocycles. The molecule has 0 saturated carbocycles. The molecule has 0 radical (unpaired) electrons. The van der Waals surface area contributed by atoms with Crippen LogP contribution in [0.15, 0.2) is 18.2 Å². The fourth-order valence-electron chi connectivity index (χ4n) is 2.47. The first-order chi connectivity index (χ1) is 9.74. The second-order valence-corrected chi connectivity index (χ2v) is 5.27. The van der Waals surface area contributed by atoms with E-state index >= 15 is 0 Å². The maximum atomic E-state index is 4.77. The first-order valence-electron chi connectivity index (χ1n) is 7.20. The van der Waals surface area contributed by atoms with Crippen LogP contribution < -0.4 is 10.2 Å². The smallest absolute Gasteiger partial charge is 0.156 e. The maximum Gasteiger partial charge on any atom is 0.156 e. The van der Waals surface area contributed by atoms with Crippen molar-refractivity contribution in [1.82, 2.24) is 20.3 Å². The van der Waals surface area contributed by atoms with Crippen LogP contribution >= 0.6 is 0 Å². The molecule has 5 nitrogen and oxygen atoms in total. The van der Waals surface area contributed by atoms with Crippen LogP contribution in [0.3, 0.4) is 0 Å². The molecule has 1 saturated heterocycles. The molecule has 0 bridgehead atoms. The predicted molar refractivity (Wildman–Crippen MR) is 81.0 cm³/mol. The quantitative estimate of drug-likeness (QED) is 0.876. The number of nitrogens with zero attached hydrogens (tertiary/aromatic N) is 3. The normalized spacial score (nSPS) is 16.2. The van der Waals surface area contributed by atoms with Crippen LogP contribution in [-0.2, 0) is 0 Å². The SMILES string of the molecule is Cc1nc(-c2cccc(N3CCCNCC3)n2)[nH]c1C. The van der Waals surface area contributed by atoms with Gasteiger partial charge in [0.05, 0.1) is 5.69 Å². The van der Waals surface area contributed by atoms with E-state index in [2.05, 4.69) is 32.3 Å². The summed E-state index contributed by atoms with van der Waals surface area (Å²) >= 11 is 0. The molecule has 0 aromatic carbocycles. The maximum absolute atomic E-state index is 4.77. The Morgan fingerprint density at radius 3 is 2.80 bits per heavy atom. The van der Waals surface area contributed by atoms with E-state index in [1.165, 1.54) is 0 Å². The Hall–Kier alpha value is -1.88. The predicted octanol–water partition coefficient (Wildman–Crippen LogP) is 1.89. The largest absolute Gasteiger partial charge is 0.355 e. The van der Waals surface area contributed by atoms with Crippen molar-refractivity contribution >= 4 is 5.82 Å². The number of aromatic nitrogens is 3. The number of aromatic amines is 1. The highest BCUT2D eigenvalue weighted by Gasteiger charge is 2.13. The molecular weight excluding hydrogens is 250 g/mol. The molecule has 0 atom stereocenters. The summed E-state index contributed by atoms with van der Waals surface area (Å²) in [7, 11) is 0. The van der Waals surface area contributed by atoms with E-state index in [0.29, 0.717) is 0 Å². The van der Waals surface area contributed by atoms with Crippen molar-refractivity contribution in [2.45, 2.75) is 20.3 Å². The Kier molecular flexibility index (Phi) is 3.69. The highest BCUT2D eigenvalue weighted by molar-refractivity contribution is 5.55. The Bertz CT molecular complexity index is 562. The molecule has 2 N–H and O–H groups in total. The highest BCUT2D eigenvalue weighted by atomic mass is 15.2. The van der Waals surface area contributed by atoms with Gasteiger partial charge in [0.25, 0.3) is 0 Å². The molecule has 106 valence electrons. The van der Waals surface area contributed by atoms with Crippen molar-refractivity contribution in [1.29, 1.82) is 0 Å². The second kappa shape index (κ2) is 5.63. The van der Waals surface area contributed by atoms with Crippen molar-refractivity contribution in [2.75, 3.05) is 31.1 Å². The van der Waals surface area contributed by atoms with E-state index < -0.39 is 0 Å². The Morgan fingerprint density at radius 1 is 1.10 bits per heavy atom. The van der Waals surface area contributed by atoms with Crippen molar-refractivity contribution in [2.24, 2.45) is 0 Å². The molecule has 3 heterocycles. The lowest BCUT2D eigenvalue weighted by molar-refractivity contribution is 0.724. The van der Waals surface area contributed by atoms with Crippen LogP contribution in [0.25, 0.3) is 11.5 Å². The van der Waals surface area contributed by atoms with Gasteiger partial charge in [0.15, 0.2) is 5.82 Å². The van der Waals surface area contributed by atoms with Gasteiger partial charge in [-0.1, -0.05) is 6.07 Å².